The monoisotopic (exact) mass is 158 g/mol. The third-order valence-electron chi connectivity index (χ3n) is 1.14. The van der Waals surface area contributed by atoms with Gasteiger partial charge in [-0.1, -0.05) is 25.4 Å². The number of hydrogen-bond donors (Lipinski definition) is 1. The molecule has 3 nitrogen and oxygen atoms in total. The predicted octanol–water partition coefficient (Wildman–Crippen LogP) is 1.40. The third-order valence-corrected chi connectivity index (χ3v) is 1.14. The molecule has 1 aliphatic rings. The molecule has 0 aliphatic carbocycles. The Morgan fingerprint density at radius 3 is 2.55 bits per heavy atom. The maximum absolute atomic E-state index is 4.57. The van der Waals surface area contributed by atoms with Crippen LogP contribution in [0.2, 0.25) is 0 Å². The van der Waals surface area contributed by atoms with E-state index < -0.39 is 0 Å². The zero-order valence-electron chi connectivity index (χ0n) is 7.68. The normalized spacial score (nSPS) is 19.4. The Balaban J connectivity index is 0.000000292. The molecule has 0 aromatic heterocycles. The minimum absolute atomic E-state index is 0.897. The standard InChI is InChI=1S/C5H10N2O.C3H8/c1-8-7-5-2-3-6-4-5;1-3-2/h6H,2-4H2,1H3;3H2,1-2H3/b7-5+;. The molecule has 1 heterocycles. The molecule has 1 aliphatic heterocycles. The van der Waals surface area contributed by atoms with E-state index in [4.69, 9.17) is 0 Å². The number of rotatable bonds is 1. The van der Waals surface area contributed by atoms with Gasteiger partial charge in [0.05, 0.1) is 5.71 Å². The molecule has 1 N–H and O–H groups in total. The smallest absolute Gasteiger partial charge is 0.106 e. The molecule has 0 unspecified atom stereocenters. The fourth-order valence-corrected chi connectivity index (χ4v) is 0.761. The molecule has 11 heavy (non-hydrogen) atoms. The maximum Gasteiger partial charge on any atom is 0.106 e. The minimum atomic E-state index is 0.897. The lowest BCUT2D eigenvalue weighted by Crippen LogP contribution is -2.08. The highest BCUT2D eigenvalue weighted by molar-refractivity contribution is 5.87. The van der Waals surface area contributed by atoms with Crippen molar-refractivity contribution in [3.8, 4) is 0 Å². The second kappa shape index (κ2) is 7.54. The molecule has 0 saturated carbocycles. The van der Waals surface area contributed by atoms with Crippen molar-refractivity contribution in [2.75, 3.05) is 20.2 Å². The number of nitrogens with one attached hydrogen (secondary N) is 1. The molecule has 1 saturated heterocycles. The molecule has 0 amide bonds. The second-order valence-electron chi connectivity index (χ2n) is 2.47. The van der Waals surface area contributed by atoms with Crippen molar-refractivity contribution in [1.29, 1.82) is 0 Å². The van der Waals surface area contributed by atoms with E-state index in [0.29, 0.717) is 0 Å². The average Bonchev–Trinajstić information content (AvgIpc) is 2.42. The van der Waals surface area contributed by atoms with Crippen LogP contribution in [0.1, 0.15) is 26.7 Å². The summed E-state index contributed by atoms with van der Waals surface area (Å²) in [6.45, 7) is 6.19. The highest BCUT2D eigenvalue weighted by Crippen LogP contribution is 1.91. The van der Waals surface area contributed by atoms with Gasteiger partial charge in [0.1, 0.15) is 7.11 Å². The summed E-state index contributed by atoms with van der Waals surface area (Å²) in [5.74, 6) is 0. The van der Waals surface area contributed by atoms with Crippen molar-refractivity contribution in [3.05, 3.63) is 0 Å². The Bertz CT molecular complexity index is 105. The first-order valence-electron chi connectivity index (χ1n) is 4.14. The van der Waals surface area contributed by atoms with Crippen LogP contribution in [0.5, 0.6) is 0 Å². The van der Waals surface area contributed by atoms with E-state index in [-0.39, 0.29) is 0 Å². The molecule has 3 heteroatoms. The topological polar surface area (TPSA) is 33.6 Å². The lowest BCUT2D eigenvalue weighted by molar-refractivity contribution is 0.212. The van der Waals surface area contributed by atoms with Gasteiger partial charge < -0.3 is 10.2 Å². The largest absolute Gasteiger partial charge is 0.399 e. The van der Waals surface area contributed by atoms with E-state index in [1.165, 1.54) is 6.42 Å². The SMILES string of the molecule is CCC.CO/N=C1\CCNC1. The van der Waals surface area contributed by atoms with Crippen LogP contribution in [-0.2, 0) is 4.84 Å². The molecular formula is C8H18N2O. The van der Waals surface area contributed by atoms with Crippen LogP contribution in [0, 0.1) is 0 Å². The summed E-state index contributed by atoms with van der Waals surface area (Å²) >= 11 is 0. The summed E-state index contributed by atoms with van der Waals surface area (Å²) in [6, 6.07) is 0. The van der Waals surface area contributed by atoms with Gasteiger partial charge in [-0.25, -0.2) is 0 Å². The van der Waals surface area contributed by atoms with E-state index in [2.05, 4.69) is 29.2 Å². The lowest BCUT2D eigenvalue weighted by atomic mass is 10.3. The van der Waals surface area contributed by atoms with Gasteiger partial charge in [-0.05, 0) is 0 Å². The average molecular weight is 158 g/mol. The van der Waals surface area contributed by atoms with Crippen LogP contribution in [0.4, 0.5) is 0 Å². The van der Waals surface area contributed by atoms with Gasteiger partial charge in [-0.3, -0.25) is 0 Å². The van der Waals surface area contributed by atoms with Crippen molar-refractivity contribution < 1.29 is 4.84 Å². The molecule has 0 aromatic rings. The van der Waals surface area contributed by atoms with Gasteiger partial charge in [0.2, 0.25) is 0 Å². The Morgan fingerprint density at radius 2 is 2.18 bits per heavy atom. The van der Waals surface area contributed by atoms with E-state index in [1.807, 2.05) is 0 Å². The van der Waals surface area contributed by atoms with E-state index >= 15 is 0 Å². The van der Waals surface area contributed by atoms with E-state index in [9.17, 15) is 0 Å². The Morgan fingerprint density at radius 1 is 1.55 bits per heavy atom. The van der Waals surface area contributed by atoms with Crippen molar-refractivity contribution >= 4 is 5.71 Å². The molecular weight excluding hydrogens is 140 g/mol. The van der Waals surface area contributed by atoms with Crippen molar-refractivity contribution in [3.63, 3.8) is 0 Å². The van der Waals surface area contributed by atoms with Gasteiger partial charge in [-0.2, -0.15) is 0 Å². The Kier molecular flexibility index (Phi) is 7.15. The fraction of sp³-hybridized carbons (Fsp3) is 0.875. The fourth-order valence-electron chi connectivity index (χ4n) is 0.761. The third kappa shape index (κ3) is 5.85. The van der Waals surface area contributed by atoms with Crippen LogP contribution < -0.4 is 5.32 Å². The maximum atomic E-state index is 4.57. The highest BCUT2D eigenvalue weighted by Gasteiger charge is 2.05. The first-order valence-corrected chi connectivity index (χ1v) is 4.14. The first-order chi connectivity index (χ1) is 5.35. The molecule has 0 bridgehead atoms. The van der Waals surface area contributed by atoms with Gasteiger partial charge in [-0.15, -0.1) is 0 Å². The van der Waals surface area contributed by atoms with Crippen molar-refractivity contribution in [2.24, 2.45) is 5.16 Å². The summed E-state index contributed by atoms with van der Waals surface area (Å²) < 4.78 is 0. The molecule has 0 radical (unpaired) electrons. The van der Waals surface area contributed by atoms with Gasteiger partial charge in [0.15, 0.2) is 0 Å². The summed E-state index contributed by atoms with van der Waals surface area (Å²) in [5.41, 5.74) is 1.12. The zero-order chi connectivity index (χ0) is 8.53. The summed E-state index contributed by atoms with van der Waals surface area (Å²) in [7, 11) is 1.57. The van der Waals surface area contributed by atoms with E-state index in [1.54, 1.807) is 7.11 Å². The van der Waals surface area contributed by atoms with Crippen molar-refractivity contribution in [1.82, 2.24) is 5.32 Å². The van der Waals surface area contributed by atoms with Crippen LogP contribution in [-0.4, -0.2) is 25.9 Å². The van der Waals surface area contributed by atoms with Gasteiger partial charge >= 0.3 is 0 Å². The predicted molar refractivity (Wildman–Crippen MR) is 47.9 cm³/mol. The molecule has 0 atom stereocenters. The molecule has 1 fully saturated rings. The van der Waals surface area contributed by atoms with Crippen LogP contribution in [0.3, 0.4) is 0 Å². The van der Waals surface area contributed by atoms with Crippen molar-refractivity contribution in [2.45, 2.75) is 26.7 Å². The summed E-state index contributed by atoms with van der Waals surface area (Å²) in [5, 5.41) is 6.92. The second-order valence-corrected chi connectivity index (χ2v) is 2.47. The zero-order valence-corrected chi connectivity index (χ0v) is 7.68. The number of hydrogen-bond acceptors (Lipinski definition) is 3. The van der Waals surface area contributed by atoms with Crippen LogP contribution in [0.25, 0.3) is 0 Å². The van der Waals surface area contributed by atoms with Gasteiger partial charge in [0.25, 0.3) is 0 Å². The molecule has 0 spiro atoms. The number of oxime groups is 1. The number of nitrogens with zero attached hydrogens (tertiary/aromatic N) is 1. The Hall–Kier alpha value is -0.570. The quantitative estimate of drug-likeness (QED) is 0.585. The lowest BCUT2D eigenvalue weighted by Gasteiger charge is -1.88. The first kappa shape index (κ1) is 10.4. The summed E-state index contributed by atoms with van der Waals surface area (Å²) in [6.07, 6.45) is 2.29. The molecule has 66 valence electrons. The van der Waals surface area contributed by atoms with Crippen LogP contribution >= 0.6 is 0 Å². The highest BCUT2D eigenvalue weighted by atomic mass is 16.6. The minimum Gasteiger partial charge on any atom is -0.399 e. The van der Waals surface area contributed by atoms with Crippen LogP contribution in [0.15, 0.2) is 5.16 Å². The molecule has 0 aromatic carbocycles. The summed E-state index contributed by atoms with van der Waals surface area (Å²) in [4.78, 5) is 4.57. The van der Waals surface area contributed by atoms with Gasteiger partial charge in [0, 0.05) is 19.5 Å². The Labute approximate surface area is 68.8 Å². The van der Waals surface area contributed by atoms with E-state index in [0.717, 1.165) is 25.2 Å². The molecule has 1 rings (SSSR count).